The first-order valence-corrected chi connectivity index (χ1v) is 8.58. The van der Waals surface area contributed by atoms with Crippen LogP contribution in [0.1, 0.15) is 10.5 Å². The molecule has 2 heterocycles. The molecular weight excluding hydrogens is 348 g/mol. The lowest BCUT2D eigenvalue weighted by atomic mass is 10.2. The van der Waals surface area contributed by atoms with Crippen molar-refractivity contribution in [3.63, 3.8) is 0 Å². The summed E-state index contributed by atoms with van der Waals surface area (Å²) in [4.78, 5) is 30.9. The number of anilines is 2. The number of aromatic nitrogens is 1. The Balaban J connectivity index is 1.67. The minimum atomic E-state index is -0.130. The van der Waals surface area contributed by atoms with E-state index in [4.69, 9.17) is 9.47 Å². The molecular formula is C19H22N4O4. The zero-order valence-corrected chi connectivity index (χ0v) is 15.3. The third-order valence-corrected chi connectivity index (χ3v) is 4.42. The Morgan fingerprint density at radius 3 is 2.48 bits per heavy atom. The molecule has 1 fully saturated rings. The topological polar surface area (TPSA) is 84.0 Å². The summed E-state index contributed by atoms with van der Waals surface area (Å²) in [7, 11) is 3.19. The number of benzene rings is 1. The third kappa shape index (κ3) is 4.28. The van der Waals surface area contributed by atoms with E-state index in [1.807, 2.05) is 12.1 Å². The van der Waals surface area contributed by atoms with E-state index in [-0.39, 0.29) is 5.91 Å². The van der Waals surface area contributed by atoms with Crippen LogP contribution in [0, 0.1) is 0 Å². The molecule has 0 unspecified atom stereocenters. The summed E-state index contributed by atoms with van der Waals surface area (Å²) < 4.78 is 10.6. The monoisotopic (exact) mass is 370 g/mol. The van der Waals surface area contributed by atoms with Crippen LogP contribution in [0.4, 0.5) is 11.4 Å². The van der Waals surface area contributed by atoms with Crippen molar-refractivity contribution in [3.8, 4) is 11.5 Å². The van der Waals surface area contributed by atoms with Crippen molar-refractivity contribution in [1.82, 2.24) is 14.8 Å². The van der Waals surface area contributed by atoms with E-state index >= 15 is 0 Å². The van der Waals surface area contributed by atoms with E-state index in [0.29, 0.717) is 43.4 Å². The number of rotatable bonds is 6. The number of methoxy groups -OCH3 is 2. The Kier molecular flexibility index (Phi) is 5.75. The van der Waals surface area contributed by atoms with Gasteiger partial charge in [0.25, 0.3) is 5.91 Å². The standard InChI is InChI=1S/C19H22N4O4/c1-26-15-4-6-16(18(11-15)27-2)21-14-3-5-17(20-12-14)19(25)23-9-7-22(13-24)8-10-23/h3-6,11-13,21H,7-10H2,1-2H3. The minimum Gasteiger partial charge on any atom is -0.497 e. The first-order chi connectivity index (χ1) is 13.1. The second-order valence-electron chi connectivity index (χ2n) is 6.06. The molecule has 8 heteroatoms. The molecule has 0 aliphatic carbocycles. The van der Waals surface area contributed by atoms with Crippen LogP contribution in [0.15, 0.2) is 36.5 Å². The van der Waals surface area contributed by atoms with Crippen molar-refractivity contribution in [2.45, 2.75) is 0 Å². The van der Waals surface area contributed by atoms with Crippen LogP contribution < -0.4 is 14.8 Å². The Bertz CT molecular complexity index is 802. The molecule has 0 spiro atoms. The second kappa shape index (κ2) is 8.39. The summed E-state index contributed by atoms with van der Waals surface area (Å²) >= 11 is 0. The van der Waals surface area contributed by atoms with E-state index in [9.17, 15) is 9.59 Å². The van der Waals surface area contributed by atoms with Gasteiger partial charge in [-0.25, -0.2) is 4.98 Å². The van der Waals surface area contributed by atoms with Gasteiger partial charge in [-0.05, 0) is 24.3 Å². The fraction of sp³-hybridized carbons (Fsp3) is 0.316. The summed E-state index contributed by atoms with van der Waals surface area (Å²) in [5.74, 6) is 1.21. The van der Waals surface area contributed by atoms with Gasteiger partial charge in [0, 0.05) is 32.2 Å². The smallest absolute Gasteiger partial charge is 0.272 e. The summed E-state index contributed by atoms with van der Waals surface area (Å²) in [5, 5.41) is 3.22. The lowest BCUT2D eigenvalue weighted by molar-refractivity contribution is -0.119. The SMILES string of the molecule is COc1ccc(Nc2ccc(C(=O)N3CCN(C=O)CC3)nc2)c(OC)c1. The molecule has 1 aromatic heterocycles. The number of hydrogen-bond donors (Lipinski definition) is 1. The maximum absolute atomic E-state index is 12.5. The molecule has 2 amide bonds. The van der Waals surface area contributed by atoms with Crippen LogP contribution in [0.25, 0.3) is 0 Å². The van der Waals surface area contributed by atoms with Crippen LogP contribution >= 0.6 is 0 Å². The molecule has 1 aliphatic heterocycles. The number of nitrogens with zero attached hydrogens (tertiary/aromatic N) is 3. The lowest BCUT2D eigenvalue weighted by Crippen LogP contribution is -2.48. The van der Waals surface area contributed by atoms with Crippen molar-refractivity contribution in [3.05, 3.63) is 42.2 Å². The zero-order valence-electron chi connectivity index (χ0n) is 15.3. The fourth-order valence-electron chi connectivity index (χ4n) is 2.84. The summed E-state index contributed by atoms with van der Waals surface area (Å²) in [6, 6.07) is 8.95. The highest BCUT2D eigenvalue weighted by molar-refractivity contribution is 5.92. The quantitative estimate of drug-likeness (QED) is 0.780. The maximum atomic E-state index is 12.5. The molecule has 0 atom stereocenters. The average molecular weight is 370 g/mol. The Morgan fingerprint density at radius 1 is 1.11 bits per heavy atom. The van der Waals surface area contributed by atoms with Gasteiger partial charge in [0.1, 0.15) is 17.2 Å². The van der Waals surface area contributed by atoms with Crippen LogP contribution in [0.2, 0.25) is 0 Å². The molecule has 2 aromatic rings. The molecule has 1 saturated heterocycles. The number of carbonyl (C=O) groups is 2. The van der Waals surface area contributed by atoms with E-state index in [1.165, 1.54) is 0 Å². The number of amides is 2. The minimum absolute atomic E-state index is 0.130. The van der Waals surface area contributed by atoms with Gasteiger partial charge in [-0.15, -0.1) is 0 Å². The molecule has 27 heavy (non-hydrogen) atoms. The van der Waals surface area contributed by atoms with Gasteiger partial charge < -0.3 is 24.6 Å². The highest BCUT2D eigenvalue weighted by Crippen LogP contribution is 2.31. The molecule has 1 aromatic carbocycles. The maximum Gasteiger partial charge on any atom is 0.272 e. The van der Waals surface area contributed by atoms with E-state index in [2.05, 4.69) is 10.3 Å². The second-order valence-corrected chi connectivity index (χ2v) is 6.06. The predicted molar refractivity (Wildman–Crippen MR) is 101 cm³/mol. The first-order valence-electron chi connectivity index (χ1n) is 8.58. The molecule has 0 bridgehead atoms. The molecule has 0 radical (unpaired) electrons. The highest BCUT2D eigenvalue weighted by atomic mass is 16.5. The number of pyridine rings is 1. The summed E-state index contributed by atoms with van der Waals surface area (Å²) in [6.45, 7) is 2.13. The molecule has 142 valence electrons. The predicted octanol–water partition coefficient (Wildman–Crippen LogP) is 1.76. The first kappa shape index (κ1) is 18.5. The van der Waals surface area contributed by atoms with E-state index in [1.54, 1.807) is 48.4 Å². The average Bonchev–Trinajstić information content (AvgIpc) is 2.74. The van der Waals surface area contributed by atoms with Crippen LogP contribution in [0.5, 0.6) is 11.5 Å². The fourth-order valence-corrected chi connectivity index (χ4v) is 2.84. The van der Waals surface area contributed by atoms with Crippen molar-refractivity contribution in [1.29, 1.82) is 0 Å². The summed E-state index contributed by atoms with van der Waals surface area (Å²) in [5.41, 5.74) is 1.88. The van der Waals surface area contributed by atoms with Crippen molar-refractivity contribution in [2.75, 3.05) is 45.7 Å². The number of ether oxygens (including phenoxy) is 2. The largest absolute Gasteiger partial charge is 0.497 e. The van der Waals surface area contributed by atoms with Crippen molar-refractivity contribution >= 4 is 23.7 Å². The van der Waals surface area contributed by atoms with Crippen LogP contribution in [-0.4, -0.2) is 67.5 Å². The lowest BCUT2D eigenvalue weighted by Gasteiger charge is -2.32. The van der Waals surface area contributed by atoms with E-state index in [0.717, 1.165) is 17.8 Å². The third-order valence-electron chi connectivity index (χ3n) is 4.42. The molecule has 3 rings (SSSR count). The van der Waals surface area contributed by atoms with E-state index < -0.39 is 0 Å². The van der Waals surface area contributed by atoms with Crippen molar-refractivity contribution < 1.29 is 19.1 Å². The Morgan fingerprint density at radius 2 is 1.89 bits per heavy atom. The van der Waals surface area contributed by atoms with Gasteiger partial charge in [-0.1, -0.05) is 0 Å². The number of hydrogen-bond acceptors (Lipinski definition) is 6. The zero-order chi connectivity index (χ0) is 19.2. The number of carbonyl (C=O) groups excluding carboxylic acids is 2. The highest BCUT2D eigenvalue weighted by Gasteiger charge is 2.22. The van der Waals surface area contributed by atoms with Gasteiger partial charge >= 0.3 is 0 Å². The van der Waals surface area contributed by atoms with Gasteiger partial charge in [-0.2, -0.15) is 0 Å². The van der Waals surface area contributed by atoms with Gasteiger partial charge in [0.2, 0.25) is 6.41 Å². The van der Waals surface area contributed by atoms with Gasteiger partial charge in [-0.3, -0.25) is 9.59 Å². The van der Waals surface area contributed by atoms with Crippen molar-refractivity contribution in [2.24, 2.45) is 0 Å². The Hall–Kier alpha value is -3.29. The number of nitrogens with one attached hydrogen (secondary N) is 1. The molecule has 1 N–H and O–H groups in total. The van der Waals surface area contributed by atoms with Gasteiger partial charge in [0.15, 0.2) is 0 Å². The molecule has 8 nitrogen and oxygen atoms in total. The number of piperazine rings is 1. The molecule has 0 saturated carbocycles. The van der Waals surface area contributed by atoms with Crippen LogP contribution in [0.3, 0.4) is 0 Å². The Labute approximate surface area is 157 Å². The van der Waals surface area contributed by atoms with Crippen LogP contribution in [-0.2, 0) is 4.79 Å². The normalized spacial score (nSPS) is 13.9. The van der Waals surface area contributed by atoms with Gasteiger partial charge in [0.05, 0.1) is 31.8 Å². The molecule has 1 aliphatic rings. The summed E-state index contributed by atoms with van der Waals surface area (Å²) in [6.07, 6.45) is 2.42.